The fourth-order valence-electron chi connectivity index (χ4n) is 1.53. The molecule has 0 saturated heterocycles. The van der Waals surface area contributed by atoms with Crippen LogP contribution in [0.5, 0.6) is 5.75 Å². The van der Waals surface area contributed by atoms with Crippen molar-refractivity contribution in [1.82, 2.24) is 4.98 Å². The van der Waals surface area contributed by atoms with Gasteiger partial charge < -0.3 is 4.74 Å². The molecule has 0 unspecified atom stereocenters. The number of hydrogen-bond acceptors (Lipinski definition) is 3. The van der Waals surface area contributed by atoms with Crippen LogP contribution in [0.3, 0.4) is 0 Å². The first kappa shape index (κ1) is 14.3. The van der Waals surface area contributed by atoms with E-state index in [1.54, 1.807) is 0 Å². The Labute approximate surface area is 117 Å². The Morgan fingerprint density at radius 3 is 2.40 bits per heavy atom. The predicted molar refractivity (Wildman–Crippen MR) is 65.8 cm³/mol. The summed E-state index contributed by atoms with van der Waals surface area (Å²) >= 11 is 5.84. The van der Waals surface area contributed by atoms with E-state index < -0.39 is 17.9 Å². The van der Waals surface area contributed by atoms with Crippen molar-refractivity contribution in [1.29, 1.82) is 0 Å². The second kappa shape index (κ2) is 5.50. The fourth-order valence-corrected chi connectivity index (χ4v) is 1.74. The number of benzene rings is 1. The molecule has 3 nitrogen and oxygen atoms in total. The number of halogens is 4. The molecule has 20 heavy (non-hydrogen) atoms. The molecule has 1 aromatic carbocycles. The molecule has 0 aliphatic carbocycles. The zero-order chi connectivity index (χ0) is 14.8. The highest BCUT2D eigenvalue weighted by molar-refractivity contribution is 6.35. The monoisotopic (exact) mass is 301 g/mol. The maximum Gasteiger partial charge on any atom is 0.573 e. The quantitative estimate of drug-likeness (QED) is 0.808. The van der Waals surface area contributed by atoms with Crippen LogP contribution in [0.1, 0.15) is 15.9 Å². The molecule has 2 rings (SSSR count). The summed E-state index contributed by atoms with van der Waals surface area (Å²) in [6, 6.07) is 6.06. The zero-order valence-corrected chi connectivity index (χ0v) is 10.6. The van der Waals surface area contributed by atoms with Gasteiger partial charge in [0.25, 0.3) is 0 Å². The van der Waals surface area contributed by atoms with E-state index >= 15 is 0 Å². The first-order valence-corrected chi connectivity index (χ1v) is 5.74. The summed E-state index contributed by atoms with van der Waals surface area (Å²) in [5.41, 5.74) is 0.200. The van der Waals surface area contributed by atoms with E-state index in [2.05, 4.69) is 9.72 Å². The highest BCUT2D eigenvalue weighted by atomic mass is 35.5. The molecule has 0 radical (unpaired) electrons. The van der Waals surface area contributed by atoms with E-state index in [1.165, 1.54) is 30.6 Å². The Kier molecular flexibility index (Phi) is 3.94. The van der Waals surface area contributed by atoms with Crippen molar-refractivity contribution in [3.8, 4) is 5.75 Å². The third-order valence-electron chi connectivity index (χ3n) is 2.36. The summed E-state index contributed by atoms with van der Waals surface area (Å²) in [5.74, 6) is -1.01. The molecule has 0 saturated carbocycles. The van der Waals surface area contributed by atoms with E-state index in [-0.39, 0.29) is 16.1 Å². The van der Waals surface area contributed by atoms with Crippen molar-refractivity contribution in [2.45, 2.75) is 6.36 Å². The standard InChI is InChI=1S/C13H7ClF3NO2/c14-11-2-1-9(20-13(15,16)17)7-10(11)12(19)8-3-5-18-6-4-8/h1-7H. The lowest BCUT2D eigenvalue weighted by Crippen LogP contribution is -2.17. The van der Waals surface area contributed by atoms with Crippen molar-refractivity contribution in [3.63, 3.8) is 0 Å². The van der Waals surface area contributed by atoms with Crippen LogP contribution in [0.2, 0.25) is 5.02 Å². The van der Waals surface area contributed by atoms with Crippen LogP contribution in [-0.2, 0) is 0 Å². The minimum atomic E-state index is -4.83. The maximum absolute atomic E-state index is 12.1. The highest BCUT2D eigenvalue weighted by Crippen LogP contribution is 2.28. The topological polar surface area (TPSA) is 39.2 Å². The van der Waals surface area contributed by atoms with Gasteiger partial charge in [-0.25, -0.2) is 0 Å². The smallest absolute Gasteiger partial charge is 0.406 e. The number of pyridine rings is 1. The van der Waals surface area contributed by atoms with E-state index in [4.69, 9.17) is 11.6 Å². The lowest BCUT2D eigenvalue weighted by Gasteiger charge is -2.10. The van der Waals surface area contributed by atoms with Gasteiger partial charge in [0.15, 0.2) is 5.78 Å². The Balaban J connectivity index is 2.36. The normalized spacial score (nSPS) is 11.2. The number of ketones is 1. The summed E-state index contributed by atoms with van der Waals surface area (Å²) in [5, 5.41) is 0.0429. The second-order valence-corrected chi connectivity index (χ2v) is 4.16. The maximum atomic E-state index is 12.1. The van der Waals surface area contributed by atoms with Crippen molar-refractivity contribution in [2.24, 2.45) is 0 Å². The van der Waals surface area contributed by atoms with Crippen molar-refractivity contribution in [3.05, 3.63) is 58.9 Å². The van der Waals surface area contributed by atoms with E-state index in [1.807, 2.05) is 0 Å². The third-order valence-corrected chi connectivity index (χ3v) is 2.69. The van der Waals surface area contributed by atoms with Gasteiger partial charge in [0.05, 0.1) is 5.02 Å². The molecule has 0 amide bonds. The van der Waals surface area contributed by atoms with Crippen molar-refractivity contribution < 1.29 is 22.7 Å². The molecule has 0 aliphatic heterocycles. The predicted octanol–water partition coefficient (Wildman–Crippen LogP) is 3.86. The van der Waals surface area contributed by atoms with Gasteiger partial charge in [-0.2, -0.15) is 0 Å². The van der Waals surface area contributed by atoms with Crippen molar-refractivity contribution in [2.75, 3.05) is 0 Å². The SMILES string of the molecule is O=C(c1ccncc1)c1cc(OC(F)(F)F)ccc1Cl. The number of alkyl halides is 3. The van der Waals surface area contributed by atoms with Gasteiger partial charge in [-0.1, -0.05) is 11.6 Å². The molecule has 0 N–H and O–H groups in total. The van der Waals surface area contributed by atoms with Gasteiger partial charge in [0, 0.05) is 23.5 Å². The minimum absolute atomic E-state index is 0.0429. The lowest BCUT2D eigenvalue weighted by atomic mass is 10.0. The van der Waals surface area contributed by atoms with Gasteiger partial charge in [-0.3, -0.25) is 9.78 Å². The molecule has 2 aromatic rings. The molecular formula is C13H7ClF3NO2. The molecule has 7 heteroatoms. The average molecular weight is 302 g/mol. The van der Waals surface area contributed by atoms with Crippen LogP contribution < -0.4 is 4.74 Å². The van der Waals surface area contributed by atoms with E-state index in [9.17, 15) is 18.0 Å². The summed E-state index contributed by atoms with van der Waals surface area (Å²) < 4.78 is 40.2. The molecule has 0 fully saturated rings. The molecular weight excluding hydrogens is 295 g/mol. The van der Waals surface area contributed by atoms with Crippen LogP contribution in [-0.4, -0.2) is 17.1 Å². The number of aromatic nitrogens is 1. The number of rotatable bonds is 3. The van der Waals surface area contributed by atoms with Crippen LogP contribution in [0.25, 0.3) is 0 Å². The zero-order valence-electron chi connectivity index (χ0n) is 9.82. The van der Waals surface area contributed by atoms with Gasteiger partial charge in [0.2, 0.25) is 0 Å². The Hall–Kier alpha value is -2.08. The number of ether oxygens (including phenoxy) is 1. The van der Waals surface area contributed by atoms with E-state index in [0.717, 1.165) is 12.1 Å². The molecule has 0 spiro atoms. The van der Waals surface area contributed by atoms with E-state index in [0.29, 0.717) is 0 Å². The molecule has 0 bridgehead atoms. The summed E-state index contributed by atoms with van der Waals surface area (Å²) in [6.45, 7) is 0. The number of nitrogens with zero attached hydrogens (tertiary/aromatic N) is 1. The first-order valence-electron chi connectivity index (χ1n) is 5.37. The largest absolute Gasteiger partial charge is 0.573 e. The molecule has 104 valence electrons. The van der Waals surface area contributed by atoms with Crippen molar-refractivity contribution >= 4 is 17.4 Å². The number of carbonyl (C=O) groups excluding carboxylic acids is 1. The lowest BCUT2D eigenvalue weighted by molar-refractivity contribution is -0.274. The summed E-state index contributed by atoms with van der Waals surface area (Å²) in [7, 11) is 0. The summed E-state index contributed by atoms with van der Waals surface area (Å²) in [6.07, 6.45) is -2.03. The average Bonchev–Trinajstić information content (AvgIpc) is 2.40. The van der Waals surface area contributed by atoms with Gasteiger partial charge in [-0.05, 0) is 30.3 Å². The van der Waals surface area contributed by atoms with Gasteiger partial charge in [-0.15, -0.1) is 13.2 Å². The fraction of sp³-hybridized carbons (Fsp3) is 0.0769. The molecule has 1 aromatic heterocycles. The number of carbonyl (C=O) groups is 1. The first-order chi connectivity index (χ1) is 9.37. The molecule has 0 aliphatic rings. The Morgan fingerprint density at radius 2 is 1.80 bits per heavy atom. The van der Waals surface area contributed by atoms with Crippen LogP contribution in [0.4, 0.5) is 13.2 Å². The second-order valence-electron chi connectivity index (χ2n) is 3.75. The number of hydrogen-bond donors (Lipinski definition) is 0. The summed E-state index contributed by atoms with van der Waals surface area (Å²) in [4.78, 5) is 15.9. The Morgan fingerprint density at radius 1 is 1.15 bits per heavy atom. The molecule has 0 atom stereocenters. The van der Waals surface area contributed by atoms with Gasteiger partial charge >= 0.3 is 6.36 Å². The van der Waals surface area contributed by atoms with Crippen LogP contribution in [0.15, 0.2) is 42.7 Å². The minimum Gasteiger partial charge on any atom is -0.406 e. The van der Waals surface area contributed by atoms with Gasteiger partial charge in [0.1, 0.15) is 5.75 Å². The van der Waals surface area contributed by atoms with Crippen LogP contribution in [0, 0.1) is 0 Å². The molecule has 1 heterocycles. The van der Waals surface area contributed by atoms with Crippen LogP contribution >= 0.6 is 11.6 Å². The third kappa shape index (κ3) is 3.48. The highest BCUT2D eigenvalue weighted by Gasteiger charge is 2.31. The Bertz CT molecular complexity index is 629.